The SMILES string of the molecule is Cc1ccccc1-c1cnc(NCC2CCNC2)nc1. The van der Waals surface area contributed by atoms with Gasteiger partial charge in [0.1, 0.15) is 0 Å². The summed E-state index contributed by atoms with van der Waals surface area (Å²) in [6.07, 6.45) is 5.02. The fourth-order valence-electron chi connectivity index (χ4n) is 2.58. The second kappa shape index (κ2) is 6.01. The van der Waals surface area contributed by atoms with Gasteiger partial charge in [0.05, 0.1) is 0 Å². The highest BCUT2D eigenvalue weighted by Gasteiger charge is 2.14. The lowest BCUT2D eigenvalue weighted by Crippen LogP contribution is -2.18. The first-order valence-corrected chi connectivity index (χ1v) is 7.15. The molecule has 2 aromatic rings. The largest absolute Gasteiger partial charge is 0.354 e. The Morgan fingerprint density at radius 1 is 1.25 bits per heavy atom. The van der Waals surface area contributed by atoms with Crippen LogP contribution in [0, 0.1) is 12.8 Å². The molecule has 1 saturated heterocycles. The summed E-state index contributed by atoms with van der Waals surface area (Å²) in [5.41, 5.74) is 3.50. The maximum absolute atomic E-state index is 4.41. The van der Waals surface area contributed by atoms with Crippen molar-refractivity contribution in [2.24, 2.45) is 5.92 Å². The fourth-order valence-corrected chi connectivity index (χ4v) is 2.58. The van der Waals surface area contributed by atoms with E-state index in [0.717, 1.165) is 25.2 Å². The van der Waals surface area contributed by atoms with Crippen molar-refractivity contribution >= 4 is 5.95 Å². The van der Waals surface area contributed by atoms with E-state index in [2.05, 4.69) is 39.7 Å². The van der Waals surface area contributed by atoms with Crippen LogP contribution < -0.4 is 10.6 Å². The van der Waals surface area contributed by atoms with Crippen molar-refractivity contribution in [1.82, 2.24) is 15.3 Å². The highest BCUT2D eigenvalue weighted by atomic mass is 15.1. The van der Waals surface area contributed by atoms with Crippen molar-refractivity contribution in [2.75, 3.05) is 25.0 Å². The first-order chi connectivity index (χ1) is 9.83. The van der Waals surface area contributed by atoms with Crippen LogP contribution >= 0.6 is 0 Å². The van der Waals surface area contributed by atoms with Crippen LogP contribution in [0.5, 0.6) is 0 Å². The van der Waals surface area contributed by atoms with Gasteiger partial charge in [-0.05, 0) is 43.5 Å². The zero-order valence-corrected chi connectivity index (χ0v) is 11.8. The van der Waals surface area contributed by atoms with Crippen LogP contribution in [0.25, 0.3) is 11.1 Å². The Hall–Kier alpha value is -1.94. The molecule has 3 rings (SSSR count). The first-order valence-electron chi connectivity index (χ1n) is 7.15. The third-order valence-corrected chi connectivity index (χ3v) is 3.82. The van der Waals surface area contributed by atoms with E-state index in [1.54, 1.807) is 0 Å². The van der Waals surface area contributed by atoms with Crippen LogP contribution in [0.3, 0.4) is 0 Å². The van der Waals surface area contributed by atoms with E-state index in [-0.39, 0.29) is 0 Å². The average molecular weight is 268 g/mol. The summed E-state index contributed by atoms with van der Waals surface area (Å²) < 4.78 is 0. The molecule has 4 heteroatoms. The second-order valence-corrected chi connectivity index (χ2v) is 5.35. The van der Waals surface area contributed by atoms with Crippen molar-refractivity contribution in [3.63, 3.8) is 0 Å². The van der Waals surface area contributed by atoms with Gasteiger partial charge in [0.25, 0.3) is 0 Å². The topological polar surface area (TPSA) is 49.8 Å². The highest BCUT2D eigenvalue weighted by molar-refractivity contribution is 5.65. The van der Waals surface area contributed by atoms with Crippen LogP contribution in [0.1, 0.15) is 12.0 Å². The average Bonchev–Trinajstić information content (AvgIpc) is 3.00. The summed E-state index contributed by atoms with van der Waals surface area (Å²) in [7, 11) is 0. The molecule has 104 valence electrons. The molecule has 1 aromatic carbocycles. The molecule has 1 atom stereocenters. The lowest BCUT2D eigenvalue weighted by molar-refractivity contribution is 0.613. The molecule has 1 aliphatic rings. The van der Waals surface area contributed by atoms with Gasteiger partial charge in [-0.15, -0.1) is 0 Å². The molecule has 1 aliphatic heterocycles. The first kappa shape index (κ1) is 13.1. The van der Waals surface area contributed by atoms with Gasteiger partial charge >= 0.3 is 0 Å². The number of benzene rings is 1. The zero-order valence-electron chi connectivity index (χ0n) is 11.8. The van der Waals surface area contributed by atoms with Crippen molar-refractivity contribution in [1.29, 1.82) is 0 Å². The molecule has 1 fully saturated rings. The fraction of sp³-hybridized carbons (Fsp3) is 0.375. The van der Waals surface area contributed by atoms with Gasteiger partial charge in [0.15, 0.2) is 0 Å². The number of nitrogens with one attached hydrogen (secondary N) is 2. The smallest absolute Gasteiger partial charge is 0.222 e. The van der Waals surface area contributed by atoms with E-state index in [1.165, 1.54) is 17.5 Å². The number of hydrogen-bond donors (Lipinski definition) is 2. The van der Waals surface area contributed by atoms with Gasteiger partial charge in [-0.3, -0.25) is 0 Å². The minimum absolute atomic E-state index is 0.689. The maximum Gasteiger partial charge on any atom is 0.222 e. The normalized spacial score (nSPS) is 18.1. The predicted octanol–water partition coefficient (Wildman–Crippen LogP) is 2.47. The molecule has 0 bridgehead atoms. The number of hydrogen-bond acceptors (Lipinski definition) is 4. The number of nitrogens with zero attached hydrogens (tertiary/aromatic N) is 2. The molecule has 0 saturated carbocycles. The molecule has 0 radical (unpaired) electrons. The van der Waals surface area contributed by atoms with Crippen LogP contribution in [0.4, 0.5) is 5.95 Å². The molecule has 0 amide bonds. The van der Waals surface area contributed by atoms with Crippen LogP contribution in [-0.2, 0) is 0 Å². The lowest BCUT2D eigenvalue weighted by Gasteiger charge is -2.10. The van der Waals surface area contributed by atoms with Crippen LogP contribution in [0.15, 0.2) is 36.7 Å². The number of aryl methyl sites for hydroxylation is 1. The number of rotatable bonds is 4. The molecular weight excluding hydrogens is 248 g/mol. The quantitative estimate of drug-likeness (QED) is 0.894. The molecule has 2 N–H and O–H groups in total. The summed E-state index contributed by atoms with van der Waals surface area (Å²) in [5.74, 6) is 1.41. The van der Waals surface area contributed by atoms with E-state index in [4.69, 9.17) is 0 Å². The molecule has 1 unspecified atom stereocenters. The molecule has 4 nitrogen and oxygen atoms in total. The Balaban J connectivity index is 1.66. The Bertz CT molecular complexity index is 559. The van der Waals surface area contributed by atoms with E-state index < -0.39 is 0 Å². The molecule has 20 heavy (non-hydrogen) atoms. The Kier molecular flexibility index (Phi) is 3.92. The highest BCUT2D eigenvalue weighted by Crippen LogP contribution is 2.21. The predicted molar refractivity (Wildman–Crippen MR) is 81.7 cm³/mol. The maximum atomic E-state index is 4.41. The number of anilines is 1. The van der Waals surface area contributed by atoms with Crippen LogP contribution in [0.2, 0.25) is 0 Å². The lowest BCUT2D eigenvalue weighted by atomic mass is 10.0. The summed E-state index contributed by atoms with van der Waals surface area (Å²) in [4.78, 5) is 8.83. The van der Waals surface area contributed by atoms with Gasteiger partial charge in [-0.2, -0.15) is 0 Å². The van der Waals surface area contributed by atoms with Crippen molar-refractivity contribution < 1.29 is 0 Å². The van der Waals surface area contributed by atoms with Gasteiger partial charge < -0.3 is 10.6 Å². The molecule has 1 aromatic heterocycles. The third kappa shape index (κ3) is 2.96. The van der Waals surface area contributed by atoms with Gasteiger partial charge in [0.2, 0.25) is 5.95 Å². The second-order valence-electron chi connectivity index (χ2n) is 5.35. The Morgan fingerprint density at radius 3 is 2.75 bits per heavy atom. The van der Waals surface area contributed by atoms with Gasteiger partial charge in [-0.25, -0.2) is 9.97 Å². The van der Waals surface area contributed by atoms with E-state index >= 15 is 0 Å². The number of aromatic nitrogens is 2. The van der Waals surface area contributed by atoms with Gasteiger partial charge in [-0.1, -0.05) is 24.3 Å². The van der Waals surface area contributed by atoms with E-state index in [0.29, 0.717) is 11.9 Å². The minimum atomic E-state index is 0.689. The Labute approximate surface area is 119 Å². The Morgan fingerprint density at radius 2 is 2.05 bits per heavy atom. The van der Waals surface area contributed by atoms with Crippen molar-refractivity contribution in [2.45, 2.75) is 13.3 Å². The van der Waals surface area contributed by atoms with E-state index in [9.17, 15) is 0 Å². The standard InChI is InChI=1S/C16H20N4/c1-12-4-2-3-5-15(12)14-10-19-16(20-11-14)18-9-13-6-7-17-8-13/h2-5,10-11,13,17H,6-9H2,1H3,(H,18,19,20). The molecule has 2 heterocycles. The van der Waals surface area contributed by atoms with Crippen molar-refractivity contribution in [3.8, 4) is 11.1 Å². The summed E-state index contributed by atoms with van der Waals surface area (Å²) >= 11 is 0. The monoisotopic (exact) mass is 268 g/mol. The van der Waals surface area contributed by atoms with Gasteiger partial charge in [0, 0.05) is 24.5 Å². The van der Waals surface area contributed by atoms with E-state index in [1.807, 2.05) is 24.5 Å². The third-order valence-electron chi connectivity index (χ3n) is 3.82. The van der Waals surface area contributed by atoms with Crippen molar-refractivity contribution in [3.05, 3.63) is 42.2 Å². The van der Waals surface area contributed by atoms with Crippen LogP contribution in [-0.4, -0.2) is 29.6 Å². The molecule has 0 aliphatic carbocycles. The summed E-state index contributed by atoms with van der Waals surface area (Å²) in [6.45, 7) is 5.26. The zero-order chi connectivity index (χ0) is 13.8. The summed E-state index contributed by atoms with van der Waals surface area (Å²) in [6, 6.07) is 8.30. The molecule has 0 spiro atoms. The minimum Gasteiger partial charge on any atom is -0.354 e. The summed E-state index contributed by atoms with van der Waals surface area (Å²) in [5, 5.41) is 6.68. The molecular formula is C16H20N4.